The highest BCUT2D eigenvalue weighted by Gasteiger charge is 2.09. The third-order valence-electron chi connectivity index (χ3n) is 3.93. The van der Waals surface area contributed by atoms with Crippen molar-refractivity contribution in [3.63, 3.8) is 0 Å². The zero-order chi connectivity index (χ0) is 15.9. The molecule has 1 aliphatic rings. The van der Waals surface area contributed by atoms with E-state index >= 15 is 0 Å². The van der Waals surface area contributed by atoms with Crippen LogP contribution in [0.3, 0.4) is 0 Å². The first-order valence-electron chi connectivity index (χ1n) is 8.07. The molecule has 2 heterocycles. The number of ether oxygens (including phenoxy) is 1. The molecule has 23 heavy (non-hydrogen) atoms. The number of rotatable bonds is 7. The Morgan fingerprint density at radius 3 is 2.96 bits per heavy atom. The van der Waals surface area contributed by atoms with Gasteiger partial charge in [0, 0.05) is 43.8 Å². The number of hydrogen-bond donors (Lipinski definition) is 1. The lowest BCUT2D eigenvalue weighted by Crippen LogP contribution is -2.20. The van der Waals surface area contributed by atoms with Crippen LogP contribution < -0.4 is 15.0 Å². The molecular weight excluding hydrogens is 286 g/mol. The Morgan fingerprint density at radius 1 is 1.22 bits per heavy atom. The molecule has 0 radical (unpaired) electrons. The van der Waals surface area contributed by atoms with Gasteiger partial charge in [0.15, 0.2) is 0 Å². The normalized spacial score (nSPS) is 13.0. The van der Waals surface area contributed by atoms with E-state index in [1.54, 1.807) is 0 Å². The number of likely N-dealkylation sites (N-methyl/N-ethyl adjacent to an activating group) is 1. The highest BCUT2D eigenvalue weighted by atomic mass is 16.5. The van der Waals surface area contributed by atoms with Crippen molar-refractivity contribution in [2.45, 2.75) is 13.0 Å². The third kappa shape index (κ3) is 4.33. The fourth-order valence-electron chi connectivity index (χ4n) is 2.66. The first kappa shape index (κ1) is 15.6. The van der Waals surface area contributed by atoms with Crippen molar-refractivity contribution in [2.24, 2.45) is 0 Å². The van der Waals surface area contributed by atoms with Gasteiger partial charge in [0.25, 0.3) is 0 Å². The summed E-state index contributed by atoms with van der Waals surface area (Å²) < 4.78 is 5.86. The van der Waals surface area contributed by atoms with E-state index in [2.05, 4.69) is 52.6 Å². The Morgan fingerprint density at radius 2 is 2.09 bits per heavy atom. The van der Waals surface area contributed by atoms with Crippen molar-refractivity contribution in [1.82, 2.24) is 10.3 Å². The topological polar surface area (TPSA) is 37.4 Å². The van der Waals surface area contributed by atoms with Gasteiger partial charge in [-0.15, -0.1) is 0 Å². The van der Waals surface area contributed by atoms with E-state index in [1.165, 1.54) is 16.8 Å². The van der Waals surface area contributed by atoms with Gasteiger partial charge in [-0.25, -0.2) is 0 Å². The summed E-state index contributed by atoms with van der Waals surface area (Å²) in [5.41, 5.74) is 3.75. The lowest BCUT2D eigenvalue weighted by molar-refractivity contribution is 0.308. The smallest absolute Gasteiger partial charge is 0.120 e. The average Bonchev–Trinajstić information content (AvgIpc) is 2.59. The van der Waals surface area contributed by atoms with Gasteiger partial charge >= 0.3 is 0 Å². The molecule has 2 aromatic rings. The molecule has 0 bridgehead atoms. The quantitative estimate of drug-likeness (QED) is 0.798. The van der Waals surface area contributed by atoms with Gasteiger partial charge in [-0.2, -0.15) is 0 Å². The van der Waals surface area contributed by atoms with E-state index in [0.29, 0.717) is 0 Å². The van der Waals surface area contributed by atoms with Crippen LogP contribution >= 0.6 is 0 Å². The number of nitrogens with one attached hydrogen (secondary N) is 1. The maximum Gasteiger partial charge on any atom is 0.120 e. The zero-order valence-corrected chi connectivity index (χ0v) is 13.5. The highest BCUT2D eigenvalue weighted by Crippen LogP contribution is 2.28. The van der Waals surface area contributed by atoms with Gasteiger partial charge in [-0.1, -0.05) is 12.2 Å². The minimum atomic E-state index is 0.724. The Kier molecular flexibility index (Phi) is 5.27. The number of nitrogens with zero attached hydrogens (tertiary/aromatic N) is 2. The second kappa shape index (κ2) is 7.79. The van der Waals surface area contributed by atoms with E-state index in [-0.39, 0.29) is 0 Å². The van der Waals surface area contributed by atoms with Crippen molar-refractivity contribution in [2.75, 3.05) is 31.6 Å². The molecule has 1 N–H and O–H groups in total. The van der Waals surface area contributed by atoms with Crippen molar-refractivity contribution in [3.05, 3.63) is 59.9 Å². The van der Waals surface area contributed by atoms with Crippen molar-refractivity contribution in [1.29, 1.82) is 0 Å². The van der Waals surface area contributed by atoms with E-state index in [4.69, 9.17) is 4.74 Å². The fraction of sp³-hybridized carbons (Fsp3) is 0.316. The first-order chi connectivity index (χ1) is 11.3. The van der Waals surface area contributed by atoms with Crippen LogP contribution in [-0.2, 0) is 6.54 Å². The maximum atomic E-state index is 5.86. The Bertz CT molecular complexity index is 655. The molecule has 0 fully saturated rings. The Labute approximate surface area is 137 Å². The van der Waals surface area contributed by atoms with Crippen LogP contribution in [0.2, 0.25) is 0 Å². The lowest BCUT2D eigenvalue weighted by Gasteiger charge is -2.23. The summed E-state index contributed by atoms with van der Waals surface area (Å²) in [6, 6.07) is 10.4. The number of pyridine rings is 1. The first-order valence-corrected chi connectivity index (χ1v) is 8.07. The summed E-state index contributed by atoms with van der Waals surface area (Å²) in [6.07, 6.45) is 8.97. The van der Waals surface area contributed by atoms with Crippen molar-refractivity contribution >= 4 is 11.8 Å². The van der Waals surface area contributed by atoms with E-state index < -0.39 is 0 Å². The number of hydrogen-bond acceptors (Lipinski definition) is 4. The lowest BCUT2D eigenvalue weighted by atomic mass is 10.1. The van der Waals surface area contributed by atoms with Crippen LogP contribution in [0.4, 0.5) is 5.69 Å². The standard InChI is InChI=1S/C19H23N3O/c1-22-12-2-4-17-14-18(5-6-19(17)22)23-13-3-9-21-15-16-7-10-20-11-8-16/h2,4-8,10-11,14,21H,3,9,12-13,15H2,1H3. The second-order valence-corrected chi connectivity index (χ2v) is 5.74. The second-order valence-electron chi connectivity index (χ2n) is 5.74. The monoisotopic (exact) mass is 309 g/mol. The third-order valence-corrected chi connectivity index (χ3v) is 3.93. The van der Waals surface area contributed by atoms with Crippen LogP contribution in [0, 0.1) is 0 Å². The van der Waals surface area contributed by atoms with Gasteiger partial charge in [-0.3, -0.25) is 4.98 Å². The number of fused-ring (bicyclic) bond motifs is 1. The van der Waals surface area contributed by atoms with E-state index in [0.717, 1.165) is 38.4 Å². The molecule has 4 nitrogen and oxygen atoms in total. The predicted molar refractivity (Wildman–Crippen MR) is 94.8 cm³/mol. The molecule has 1 aromatic carbocycles. The Hall–Kier alpha value is -2.33. The molecule has 0 amide bonds. The number of benzene rings is 1. The molecule has 0 saturated heterocycles. The number of anilines is 1. The molecule has 120 valence electrons. The molecule has 0 aliphatic carbocycles. The molecule has 3 rings (SSSR count). The van der Waals surface area contributed by atoms with Gasteiger partial charge in [0.05, 0.1) is 6.61 Å². The molecule has 0 unspecified atom stereocenters. The average molecular weight is 309 g/mol. The van der Waals surface area contributed by atoms with Crippen molar-refractivity contribution < 1.29 is 4.74 Å². The largest absolute Gasteiger partial charge is 0.494 e. The molecule has 0 saturated carbocycles. The van der Waals surface area contributed by atoms with Crippen molar-refractivity contribution in [3.8, 4) is 5.75 Å². The molecule has 0 spiro atoms. The molecule has 1 aliphatic heterocycles. The van der Waals surface area contributed by atoms with Gasteiger partial charge in [0.1, 0.15) is 5.75 Å². The SMILES string of the molecule is CN1CC=Cc2cc(OCCCNCc3ccncc3)ccc21. The predicted octanol–water partition coefficient (Wildman–Crippen LogP) is 3.10. The van der Waals surface area contributed by atoms with Crippen LogP contribution in [0.1, 0.15) is 17.5 Å². The fourth-order valence-corrected chi connectivity index (χ4v) is 2.66. The zero-order valence-electron chi connectivity index (χ0n) is 13.5. The molecule has 1 aromatic heterocycles. The summed E-state index contributed by atoms with van der Waals surface area (Å²) in [5, 5.41) is 3.42. The van der Waals surface area contributed by atoms with Gasteiger partial charge in [-0.05, 0) is 48.9 Å². The summed E-state index contributed by atoms with van der Waals surface area (Å²) in [7, 11) is 2.11. The summed E-state index contributed by atoms with van der Waals surface area (Å²) in [5.74, 6) is 0.942. The summed E-state index contributed by atoms with van der Waals surface area (Å²) >= 11 is 0. The van der Waals surface area contributed by atoms with Crippen LogP contribution in [-0.4, -0.2) is 31.7 Å². The number of aromatic nitrogens is 1. The Balaban J connectivity index is 1.39. The van der Waals surface area contributed by atoms with Gasteiger partial charge in [0.2, 0.25) is 0 Å². The minimum absolute atomic E-state index is 0.724. The van der Waals surface area contributed by atoms with E-state index in [9.17, 15) is 0 Å². The van der Waals surface area contributed by atoms with Gasteiger partial charge < -0.3 is 15.0 Å². The van der Waals surface area contributed by atoms with Crippen LogP contribution in [0.25, 0.3) is 6.08 Å². The maximum absolute atomic E-state index is 5.86. The van der Waals surface area contributed by atoms with Crippen LogP contribution in [0.5, 0.6) is 5.75 Å². The summed E-state index contributed by atoms with van der Waals surface area (Å²) in [6.45, 7) is 3.51. The molecule has 0 atom stereocenters. The van der Waals surface area contributed by atoms with E-state index in [1.807, 2.05) is 24.5 Å². The van der Waals surface area contributed by atoms with Crippen LogP contribution in [0.15, 0.2) is 48.8 Å². The highest BCUT2D eigenvalue weighted by molar-refractivity contribution is 5.72. The molecule has 4 heteroatoms. The minimum Gasteiger partial charge on any atom is -0.494 e. The summed E-state index contributed by atoms with van der Waals surface area (Å²) in [4.78, 5) is 6.25. The molecular formula is C19H23N3O.